The summed E-state index contributed by atoms with van der Waals surface area (Å²) in [6.45, 7) is 0. The first-order valence-corrected chi connectivity index (χ1v) is 7.52. The number of anilines is 2. The zero-order valence-corrected chi connectivity index (χ0v) is 11.5. The number of nitrogens with two attached hydrogens (primary N) is 1. The zero-order chi connectivity index (χ0) is 13.0. The van der Waals surface area contributed by atoms with Gasteiger partial charge in [-0.05, 0) is 61.8 Å². The highest BCUT2D eigenvalue weighted by atomic mass is 15.3. The molecule has 0 aromatic carbocycles. The molecule has 0 aliphatic heterocycles. The summed E-state index contributed by atoms with van der Waals surface area (Å²) in [7, 11) is 2.15. The topological polar surface area (TPSA) is 55.0 Å². The molecular formula is C15H22N4. The minimum atomic E-state index is 0.570. The van der Waals surface area contributed by atoms with Crippen molar-refractivity contribution in [1.82, 2.24) is 9.97 Å². The van der Waals surface area contributed by atoms with Gasteiger partial charge in [0.1, 0.15) is 5.82 Å². The normalized spacial score (nSPS) is 39.5. The van der Waals surface area contributed by atoms with Crippen molar-refractivity contribution in [2.45, 2.75) is 38.1 Å². The second-order valence-corrected chi connectivity index (χ2v) is 6.81. The van der Waals surface area contributed by atoms with Gasteiger partial charge >= 0.3 is 0 Å². The third-order valence-electron chi connectivity index (χ3n) is 5.60. The van der Waals surface area contributed by atoms with Crippen LogP contribution in [-0.2, 0) is 0 Å². The third kappa shape index (κ3) is 1.80. The Bertz CT molecular complexity index is 459. The van der Waals surface area contributed by atoms with Crippen LogP contribution in [-0.4, -0.2) is 23.1 Å². The highest BCUT2D eigenvalue weighted by Gasteiger charge is 2.49. The molecule has 5 rings (SSSR count). The van der Waals surface area contributed by atoms with E-state index in [4.69, 9.17) is 5.73 Å². The smallest absolute Gasteiger partial charge is 0.227 e. The van der Waals surface area contributed by atoms with E-state index in [9.17, 15) is 0 Å². The van der Waals surface area contributed by atoms with Crippen LogP contribution in [0.5, 0.6) is 0 Å². The summed E-state index contributed by atoms with van der Waals surface area (Å²) >= 11 is 0. The summed E-state index contributed by atoms with van der Waals surface area (Å²) in [4.78, 5) is 11.1. The molecule has 4 aliphatic carbocycles. The fourth-order valence-electron chi connectivity index (χ4n) is 5.19. The summed E-state index contributed by atoms with van der Waals surface area (Å²) in [6.07, 6.45) is 8.95. The molecular weight excluding hydrogens is 236 g/mol. The lowest BCUT2D eigenvalue weighted by atomic mass is 9.54. The first-order valence-electron chi connectivity index (χ1n) is 7.52. The molecule has 4 bridgehead atoms. The van der Waals surface area contributed by atoms with Gasteiger partial charge in [-0.1, -0.05) is 0 Å². The summed E-state index contributed by atoms with van der Waals surface area (Å²) in [5.41, 5.74) is 5.79. The maximum atomic E-state index is 5.79. The van der Waals surface area contributed by atoms with E-state index in [1.165, 1.54) is 32.1 Å². The van der Waals surface area contributed by atoms with Crippen LogP contribution in [0.15, 0.2) is 12.3 Å². The average molecular weight is 258 g/mol. The number of nitrogens with zero attached hydrogens (tertiary/aromatic N) is 3. The lowest BCUT2D eigenvalue weighted by Gasteiger charge is -2.56. The van der Waals surface area contributed by atoms with E-state index in [-0.39, 0.29) is 0 Å². The van der Waals surface area contributed by atoms with Crippen LogP contribution in [0, 0.1) is 23.7 Å². The van der Waals surface area contributed by atoms with E-state index in [0.717, 1.165) is 29.6 Å². The first kappa shape index (κ1) is 11.5. The van der Waals surface area contributed by atoms with Crippen molar-refractivity contribution >= 4 is 11.8 Å². The number of hydrogen-bond acceptors (Lipinski definition) is 4. The minimum absolute atomic E-state index is 0.570. The molecule has 0 spiro atoms. The molecule has 4 nitrogen and oxygen atoms in total. The van der Waals surface area contributed by atoms with Gasteiger partial charge in [0.05, 0.1) is 0 Å². The Labute approximate surface area is 114 Å². The zero-order valence-electron chi connectivity index (χ0n) is 11.5. The average Bonchev–Trinajstić information content (AvgIpc) is 2.37. The quantitative estimate of drug-likeness (QED) is 0.884. The van der Waals surface area contributed by atoms with Crippen LogP contribution in [0.3, 0.4) is 0 Å². The van der Waals surface area contributed by atoms with Gasteiger partial charge in [-0.25, -0.2) is 4.98 Å². The second kappa shape index (κ2) is 4.09. The Morgan fingerprint density at radius 2 is 1.74 bits per heavy atom. The predicted octanol–water partition coefficient (Wildman–Crippen LogP) is 2.32. The molecule has 19 heavy (non-hydrogen) atoms. The highest BCUT2D eigenvalue weighted by Crippen LogP contribution is 2.55. The van der Waals surface area contributed by atoms with E-state index in [2.05, 4.69) is 21.9 Å². The van der Waals surface area contributed by atoms with Crippen molar-refractivity contribution < 1.29 is 0 Å². The predicted molar refractivity (Wildman–Crippen MR) is 75.7 cm³/mol. The lowest BCUT2D eigenvalue weighted by molar-refractivity contribution is -0.00163. The van der Waals surface area contributed by atoms with Gasteiger partial charge < -0.3 is 10.6 Å². The van der Waals surface area contributed by atoms with Crippen LogP contribution in [0.25, 0.3) is 0 Å². The molecule has 1 aromatic heterocycles. The Morgan fingerprint density at radius 1 is 1.11 bits per heavy atom. The molecule has 2 N–H and O–H groups in total. The van der Waals surface area contributed by atoms with Crippen LogP contribution in [0.2, 0.25) is 0 Å². The van der Waals surface area contributed by atoms with Crippen LogP contribution in [0.1, 0.15) is 32.1 Å². The lowest BCUT2D eigenvalue weighted by Crippen LogP contribution is -2.55. The van der Waals surface area contributed by atoms with Crippen molar-refractivity contribution in [2.24, 2.45) is 23.7 Å². The van der Waals surface area contributed by atoms with E-state index in [1.54, 1.807) is 12.3 Å². The third-order valence-corrected chi connectivity index (χ3v) is 5.60. The summed E-state index contributed by atoms with van der Waals surface area (Å²) in [6, 6.07) is 2.39. The standard InChI is InChI=1S/C15H22N4/c1-19(15-17-3-2-13(16)18-15)14-11-5-9-4-10(7-11)8-12(14)6-9/h2-3,9-12,14H,4-8H2,1H3,(H2,16,17,18). The van der Waals surface area contributed by atoms with Crippen LogP contribution in [0.4, 0.5) is 11.8 Å². The Kier molecular flexibility index (Phi) is 2.47. The highest BCUT2D eigenvalue weighted by molar-refractivity contribution is 5.38. The van der Waals surface area contributed by atoms with Crippen molar-refractivity contribution in [2.75, 3.05) is 17.7 Å². The molecule has 0 atom stereocenters. The molecule has 102 valence electrons. The second-order valence-electron chi connectivity index (χ2n) is 6.81. The van der Waals surface area contributed by atoms with Crippen molar-refractivity contribution in [3.05, 3.63) is 12.3 Å². The molecule has 1 aromatic rings. The number of hydrogen-bond donors (Lipinski definition) is 1. The van der Waals surface area contributed by atoms with Gasteiger partial charge in [0.2, 0.25) is 5.95 Å². The molecule has 4 fully saturated rings. The van der Waals surface area contributed by atoms with E-state index in [1.807, 2.05) is 0 Å². The van der Waals surface area contributed by atoms with E-state index < -0.39 is 0 Å². The number of rotatable bonds is 2. The van der Waals surface area contributed by atoms with E-state index >= 15 is 0 Å². The van der Waals surface area contributed by atoms with Gasteiger partial charge in [0.15, 0.2) is 0 Å². The minimum Gasteiger partial charge on any atom is -0.384 e. The maximum Gasteiger partial charge on any atom is 0.227 e. The Hall–Kier alpha value is -1.32. The van der Waals surface area contributed by atoms with Crippen molar-refractivity contribution in [1.29, 1.82) is 0 Å². The fraction of sp³-hybridized carbons (Fsp3) is 0.733. The molecule has 0 saturated heterocycles. The summed E-state index contributed by atoms with van der Waals surface area (Å²) in [5, 5.41) is 0. The van der Waals surface area contributed by atoms with E-state index in [0.29, 0.717) is 11.9 Å². The SMILES string of the molecule is CN(c1nccc(N)n1)C1C2CC3CC(C2)CC1C3. The molecule has 4 saturated carbocycles. The van der Waals surface area contributed by atoms with Gasteiger partial charge in [-0.2, -0.15) is 4.98 Å². The monoisotopic (exact) mass is 258 g/mol. The van der Waals surface area contributed by atoms with Gasteiger partial charge in [-0.15, -0.1) is 0 Å². The van der Waals surface area contributed by atoms with Crippen LogP contribution >= 0.6 is 0 Å². The maximum absolute atomic E-state index is 5.79. The molecule has 4 heteroatoms. The Morgan fingerprint density at radius 3 is 2.32 bits per heavy atom. The van der Waals surface area contributed by atoms with Gasteiger partial charge in [0, 0.05) is 19.3 Å². The van der Waals surface area contributed by atoms with Crippen molar-refractivity contribution in [3.8, 4) is 0 Å². The molecule has 0 radical (unpaired) electrons. The fourth-order valence-corrected chi connectivity index (χ4v) is 5.19. The van der Waals surface area contributed by atoms with Gasteiger partial charge in [0.25, 0.3) is 0 Å². The Balaban J connectivity index is 1.62. The van der Waals surface area contributed by atoms with Gasteiger partial charge in [-0.3, -0.25) is 0 Å². The molecule has 4 aliphatic rings. The molecule has 0 unspecified atom stereocenters. The molecule has 0 amide bonds. The number of nitrogen functional groups attached to an aromatic ring is 1. The van der Waals surface area contributed by atoms with Crippen LogP contribution < -0.4 is 10.6 Å². The number of aromatic nitrogens is 2. The van der Waals surface area contributed by atoms with Crippen molar-refractivity contribution in [3.63, 3.8) is 0 Å². The molecule has 1 heterocycles. The summed E-state index contributed by atoms with van der Waals surface area (Å²) in [5.74, 6) is 5.10. The first-order chi connectivity index (χ1) is 9.20. The summed E-state index contributed by atoms with van der Waals surface area (Å²) < 4.78 is 0. The largest absolute Gasteiger partial charge is 0.384 e.